The van der Waals surface area contributed by atoms with Gasteiger partial charge in [0.25, 0.3) is 0 Å². The minimum absolute atomic E-state index is 0.0304. The van der Waals surface area contributed by atoms with Gasteiger partial charge >= 0.3 is 0 Å². The molecule has 0 radical (unpaired) electrons. The summed E-state index contributed by atoms with van der Waals surface area (Å²) in [5.74, 6) is 0.284. The van der Waals surface area contributed by atoms with Crippen molar-refractivity contribution in [2.45, 2.75) is 26.4 Å². The van der Waals surface area contributed by atoms with E-state index in [-0.39, 0.29) is 17.4 Å². The minimum atomic E-state index is -0.0807. The number of hydrogen-bond acceptors (Lipinski definition) is 3. The average molecular weight is 194 g/mol. The first kappa shape index (κ1) is 10.6. The molecule has 0 saturated heterocycles. The van der Waals surface area contributed by atoms with Crippen LogP contribution in [0, 0.1) is 0 Å². The first-order valence-corrected chi connectivity index (χ1v) is 4.62. The Bertz CT molecular complexity index is 320. The van der Waals surface area contributed by atoms with Gasteiger partial charge in [0.05, 0.1) is 11.7 Å². The molecule has 1 aromatic rings. The first-order chi connectivity index (χ1) is 6.69. The van der Waals surface area contributed by atoms with Crippen LogP contribution in [0.1, 0.15) is 30.6 Å². The van der Waals surface area contributed by atoms with Crippen LogP contribution in [0.15, 0.2) is 18.2 Å². The van der Waals surface area contributed by atoms with Gasteiger partial charge in [0.15, 0.2) is 17.8 Å². The molecule has 76 valence electrons. The maximum absolute atomic E-state index is 10.5. The number of hydrogen-bond donors (Lipinski definition) is 1. The number of phenolic OH excluding ortho intramolecular Hbond substituents is 1. The van der Waals surface area contributed by atoms with Crippen LogP contribution < -0.4 is 4.74 Å². The second kappa shape index (κ2) is 4.65. The van der Waals surface area contributed by atoms with E-state index in [1.807, 2.05) is 13.8 Å². The predicted molar refractivity (Wildman–Crippen MR) is 53.9 cm³/mol. The van der Waals surface area contributed by atoms with Crippen molar-refractivity contribution in [2.24, 2.45) is 0 Å². The Kier molecular flexibility index (Phi) is 3.51. The zero-order valence-electron chi connectivity index (χ0n) is 8.36. The number of carbonyl (C=O) groups excluding carboxylic acids is 1. The van der Waals surface area contributed by atoms with Crippen LogP contribution in [-0.4, -0.2) is 17.5 Å². The minimum Gasteiger partial charge on any atom is -0.504 e. The van der Waals surface area contributed by atoms with Crippen LogP contribution in [0.5, 0.6) is 11.5 Å². The number of benzene rings is 1. The second-order valence-electron chi connectivity index (χ2n) is 3.15. The van der Waals surface area contributed by atoms with Crippen molar-refractivity contribution in [3.8, 4) is 11.5 Å². The van der Waals surface area contributed by atoms with Crippen LogP contribution in [0.2, 0.25) is 0 Å². The standard InChI is InChI=1S/C11H14O3/c1-3-8(2)14-10-6-4-5-9(7-12)11(10)13/h4-8,13H,3H2,1-2H3. The quantitative estimate of drug-likeness (QED) is 0.748. The third-order valence-corrected chi connectivity index (χ3v) is 2.06. The molecule has 1 aromatic carbocycles. The van der Waals surface area contributed by atoms with Crippen molar-refractivity contribution in [1.29, 1.82) is 0 Å². The summed E-state index contributed by atoms with van der Waals surface area (Å²) in [5, 5.41) is 9.58. The molecule has 0 aliphatic heterocycles. The third-order valence-electron chi connectivity index (χ3n) is 2.06. The number of rotatable bonds is 4. The van der Waals surface area contributed by atoms with E-state index in [1.54, 1.807) is 18.2 Å². The van der Waals surface area contributed by atoms with Gasteiger partial charge in [-0.3, -0.25) is 4.79 Å². The van der Waals surface area contributed by atoms with E-state index in [0.717, 1.165) is 6.42 Å². The molecule has 0 spiro atoms. The fourth-order valence-corrected chi connectivity index (χ4v) is 1.03. The van der Waals surface area contributed by atoms with Gasteiger partial charge in [-0.15, -0.1) is 0 Å². The van der Waals surface area contributed by atoms with Gasteiger partial charge in [-0.1, -0.05) is 13.0 Å². The number of ether oxygens (including phenoxy) is 1. The van der Waals surface area contributed by atoms with Gasteiger partial charge in [-0.2, -0.15) is 0 Å². The Labute approximate surface area is 83.3 Å². The van der Waals surface area contributed by atoms with Gasteiger partial charge in [0, 0.05) is 0 Å². The Morgan fingerprint density at radius 2 is 2.29 bits per heavy atom. The summed E-state index contributed by atoms with van der Waals surface area (Å²) >= 11 is 0. The van der Waals surface area contributed by atoms with Crippen LogP contribution >= 0.6 is 0 Å². The lowest BCUT2D eigenvalue weighted by molar-refractivity contribution is 0.111. The summed E-state index contributed by atoms with van der Waals surface area (Å²) < 4.78 is 5.43. The highest BCUT2D eigenvalue weighted by Crippen LogP contribution is 2.29. The number of aldehydes is 1. The Balaban J connectivity index is 2.92. The molecule has 1 rings (SSSR count). The molecular formula is C11H14O3. The third kappa shape index (κ3) is 2.25. The van der Waals surface area contributed by atoms with Crippen molar-refractivity contribution in [2.75, 3.05) is 0 Å². The summed E-state index contributed by atoms with van der Waals surface area (Å²) in [4.78, 5) is 10.5. The molecule has 0 aliphatic carbocycles. The van der Waals surface area contributed by atoms with Crippen LogP contribution in [0.25, 0.3) is 0 Å². The molecule has 1 N–H and O–H groups in total. The van der Waals surface area contributed by atoms with Crippen molar-refractivity contribution in [1.82, 2.24) is 0 Å². The zero-order valence-corrected chi connectivity index (χ0v) is 8.36. The molecule has 0 bridgehead atoms. The Morgan fingerprint density at radius 3 is 2.86 bits per heavy atom. The van der Waals surface area contributed by atoms with Crippen molar-refractivity contribution in [3.63, 3.8) is 0 Å². The SMILES string of the molecule is CCC(C)Oc1cccc(C=O)c1O. The number of aromatic hydroxyl groups is 1. The Morgan fingerprint density at radius 1 is 1.57 bits per heavy atom. The largest absolute Gasteiger partial charge is 0.504 e. The fourth-order valence-electron chi connectivity index (χ4n) is 1.03. The normalized spacial score (nSPS) is 12.1. The molecule has 0 amide bonds. The average Bonchev–Trinajstić information content (AvgIpc) is 2.21. The predicted octanol–water partition coefficient (Wildman–Crippen LogP) is 2.38. The zero-order chi connectivity index (χ0) is 10.6. The highest BCUT2D eigenvalue weighted by atomic mass is 16.5. The second-order valence-corrected chi connectivity index (χ2v) is 3.15. The molecule has 0 saturated carbocycles. The lowest BCUT2D eigenvalue weighted by Gasteiger charge is -2.14. The van der Waals surface area contributed by atoms with Gasteiger partial charge in [0.2, 0.25) is 0 Å². The molecule has 3 nitrogen and oxygen atoms in total. The number of carbonyl (C=O) groups is 1. The van der Waals surface area contributed by atoms with Gasteiger partial charge in [-0.05, 0) is 25.5 Å². The van der Waals surface area contributed by atoms with Crippen LogP contribution in [0.3, 0.4) is 0 Å². The van der Waals surface area contributed by atoms with Crippen molar-refractivity contribution in [3.05, 3.63) is 23.8 Å². The van der Waals surface area contributed by atoms with Crippen LogP contribution in [-0.2, 0) is 0 Å². The molecule has 0 fully saturated rings. The van der Waals surface area contributed by atoms with Crippen molar-refractivity contribution >= 4 is 6.29 Å². The van der Waals surface area contributed by atoms with Crippen LogP contribution in [0.4, 0.5) is 0 Å². The molecule has 1 unspecified atom stereocenters. The monoisotopic (exact) mass is 194 g/mol. The topological polar surface area (TPSA) is 46.5 Å². The summed E-state index contributed by atoms with van der Waals surface area (Å²) in [6, 6.07) is 4.88. The summed E-state index contributed by atoms with van der Waals surface area (Å²) in [6.45, 7) is 3.90. The summed E-state index contributed by atoms with van der Waals surface area (Å²) in [7, 11) is 0. The van der Waals surface area contributed by atoms with Crippen molar-refractivity contribution < 1.29 is 14.6 Å². The highest BCUT2D eigenvalue weighted by Gasteiger charge is 2.09. The van der Waals surface area contributed by atoms with E-state index in [1.165, 1.54) is 0 Å². The summed E-state index contributed by atoms with van der Waals surface area (Å²) in [6.07, 6.45) is 1.49. The fraction of sp³-hybridized carbons (Fsp3) is 0.364. The lowest BCUT2D eigenvalue weighted by atomic mass is 10.2. The van der Waals surface area contributed by atoms with E-state index in [2.05, 4.69) is 0 Å². The Hall–Kier alpha value is -1.51. The molecule has 0 aliphatic rings. The molecule has 0 aromatic heterocycles. The van der Waals surface area contributed by atoms with E-state index in [4.69, 9.17) is 4.74 Å². The van der Waals surface area contributed by atoms with Gasteiger partial charge in [-0.25, -0.2) is 0 Å². The van der Waals surface area contributed by atoms with E-state index in [9.17, 15) is 9.90 Å². The molecule has 14 heavy (non-hydrogen) atoms. The highest BCUT2D eigenvalue weighted by molar-refractivity contribution is 5.80. The molecule has 0 heterocycles. The molecular weight excluding hydrogens is 180 g/mol. The van der Waals surface area contributed by atoms with Gasteiger partial charge in [0.1, 0.15) is 0 Å². The van der Waals surface area contributed by atoms with E-state index >= 15 is 0 Å². The maximum Gasteiger partial charge on any atom is 0.168 e. The maximum atomic E-state index is 10.5. The van der Waals surface area contributed by atoms with E-state index < -0.39 is 0 Å². The number of phenols is 1. The number of para-hydroxylation sites is 1. The molecule has 3 heteroatoms. The van der Waals surface area contributed by atoms with Gasteiger partial charge < -0.3 is 9.84 Å². The lowest BCUT2D eigenvalue weighted by Crippen LogP contribution is -2.09. The summed E-state index contributed by atoms with van der Waals surface area (Å²) in [5.41, 5.74) is 0.255. The first-order valence-electron chi connectivity index (χ1n) is 4.62. The molecule has 1 atom stereocenters. The smallest absolute Gasteiger partial charge is 0.168 e. The van der Waals surface area contributed by atoms with E-state index in [0.29, 0.717) is 12.0 Å².